The molecular formula is C16H25ClN2O3. The summed E-state index contributed by atoms with van der Waals surface area (Å²) >= 11 is 0. The molecule has 124 valence electrons. The summed E-state index contributed by atoms with van der Waals surface area (Å²) < 4.78 is 4.75. The molecule has 0 aliphatic heterocycles. The Labute approximate surface area is 138 Å². The summed E-state index contributed by atoms with van der Waals surface area (Å²) in [6, 6.07) is 8.13. The van der Waals surface area contributed by atoms with Gasteiger partial charge in [-0.05, 0) is 17.9 Å². The van der Waals surface area contributed by atoms with E-state index in [2.05, 4.69) is 5.32 Å². The molecule has 22 heavy (non-hydrogen) atoms. The van der Waals surface area contributed by atoms with E-state index in [1.54, 1.807) is 0 Å². The minimum absolute atomic E-state index is 0. The quantitative estimate of drug-likeness (QED) is 0.746. The van der Waals surface area contributed by atoms with E-state index in [-0.39, 0.29) is 18.3 Å². The van der Waals surface area contributed by atoms with Crippen molar-refractivity contribution in [1.29, 1.82) is 0 Å². The molecule has 1 aromatic rings. The van der Waals surface area contributed by atoms with Crippen molar-refractivity contribution in [2.24, 2.45) is 11.7 Å². The van der Waals surface area contributed by atoms with Crippen LogP contribution in [0.2, 0.25) is 0 Å². The standard InChI is InChI=1S/C16H24N2O3.ClH/c1-11(2)9-13(17)15(19)18-14(16(20)21-3)10-12-7-5-4-6-8-12;/h4-8,11,13-14H,9-10,17H2,1-3H3,(H,18,19);1H/t13-,14?;/m0./s1. The van der Waals surface area contributed by atoms with Gasteiger partial charge in [0.15, 0.2) is 0 Å². The number of methoxy groups -OCH3 is 1. The third-order valence-electron chi connectivity index (χ3n) is 3.15. The summed E-state index contributed by atoms with van der Waals surface area (Å²) in [5.74, 6) is -0.476. The Balaban J connectivity index is 0.00000441. The highest BCUT2D eigenvalue weighted by atomic mass is 35.5. The first-order chi connectivity index (χ1) is 9.93. The highest BCUT2D eigenvalue weighted by Crippen LogP contribution is 2.07. The molecule has 1 amide bonds. The van der Waals surface area contributed by atoms with Crippen molar-refractivity contribution in [1.82, 2.24) is 5.32 Å². The number of halogens is 1. The number of carbonyl (C=O) groups excluding carboxylic acids is 2. The molecule has 0 aromatic heterocycles. The van der Waals surface area contributed by atoms with Gasteiger partial charge in [0.05, 0.1) is 13.2 Å². The Morgan fingerprint density at radius 2 is 1.82 bits per heavy atom. The maximum atomic E-state index is 12.1. The van der Waals surface area contributed by atoms with Gasteiger partial charge >= 0.3 is 5.97 Å². The number of nitrogens with one attached hydrogen (secondary N) is 1. The largest absolute Gasteiger partial charge is 0.467 e. The van der Waals surface area contributed by atoms with Crippen LogP contribution in [0.15, 0.2) is 30.3 Å². The molecule has 0 aliphatic rings. The molecular weight excluding hydrogens is 304 g/mol. The number of benzene rings is 1. The van der Waals surface area contributed by atoms with E-state index in [1.165, 1.54) is 7.11 Å². The lowest BCUT2D eigenvalue weighted by Gasteiger charge is -2.20. The zero-order valence-electron chi connectivity index (χ0n) is 13.2. The molecule has 0 fully saturated rings. The van der Waals surface area contributed by atoms with Crippen LogP contribution in [0.4, 0.5) is 0 Å². The smallest absolute Gasteiger partial charge is 0.328 e. The SMILES string of the molecule is COC(=O)C(Cc1ccccc1)NC(=O)[C@@H](N)CC(C)C.Cl. The van der Waals surface area contributed by atoms with Gasteiger partial charge < -0.3 is 15.8 Å². The summed E-state index contributed by atoms with van der Waals surface area (Å²) in [5.41, 5.74) is 6.79. The van der Waals surface area contributed by atoms with Gasteiger partial charge in [0.25, 0.3) is 0 Å². The molecule has 3 N–H and O–H groups in total. The van der Waals surface area contributed by atoms with Crippen LogP contribution >= 0.6 is 12.4 Å². The highest BCUT2D eigenvalue weighted by Gasteiger charge is 2.24. The van der Waals surface area contributed by atoms with Crippen molar-refractivity contribution in [3.05, 3.63) is 35.9 Å². The predicted molar refractivity (Wildman–Crippen MR) is 88.8 cm³/mol. The lowest BCUT2D eigenvalue weighted by Crippen LogP contribution is -2.50. The van der Waals surface area contributed by atoms with Crippen molar-refractivity contribution < 1.29 is 14.3 Å². The zero-order valence-corrected chi connectivity index (χ0v) is 14.1. The third kappa shape index (κ3) is 6.91. The van der Waals surface area contributed by atoms with E-state index in [0.29, 0.717) is 18.8 Å². The fourth-order valence-corrected chi connectivity index (χ4v) is 2.08. The number of hydrogen-bond acceptors (Lipinski definition) is 4. The lowest BCUT2D eigenvalue weighted by molar-refractivity contribution is -0.145. The van der Waals surface area contributed by atoms with E-state index in [9.17, 15) is 9.59 Å². The molecule has 1 rings (SSSR count). The van der Waals surface area contributed by atoms with Crippen molar-refractivity contribution in [2.75, 3.05) is 7.11 Å². The first-order valence-corrected chi connectivity index (χ1v) is 7.11. The maximum absolute atomic E-state index is 12.1. The van der Waals surface area contributed by atoms with E-state index in [4.69, 9.17) is 10.5 Å². The maximum Gasteiger partial charge on any atom is 0.328 e. The zero-order chi connectivity index (χ0) is 15.8. The van der Waals surface area contributed by atoms with Crippen molar-refractivity contribution in [3.8, 4) is 0 Å². The molecule has 2 atom stereocenters. The Morgan fingerprint density at radius 1 is 1.23 bits per heavy atom. The predicted octanol–water partition coefficient (Wildman–Crippen LogP) is 1.68. The van der Waals surface area contributed by atoms with E-state index in [1.807, 2.05) is 44.2 Å². The van der Waals surface area contributed by atoms with E-state index in [0.717, 1.165) is 5.56 Å². The Hall–Kier alpha value is -1.59. The average molecular weight is 329 g/mol. The number of carbonyl (C=O) groups is 2. The molecule has 0 radical (unpaired) electrons. The summed E-state index contributed by atoms with van der Waals surface area (Å²) in [6.07, 6.45) is 0.957. The average Bonchev–Trinajstić information content (AvgIpc) is 2.46. The van der Waals surface area contributed by atoms with Gasteiger partial charge in [-0.15, -0.1) is 12.4 Å². The van der Waals surface area contributed by atoms with Crippen LogP contribution in [0.1, 0.15) is 25.8 Å². The molecule has 6 heteroatoms. The second-order valence-corrected chi connectivity index (χ2v) is 5.51. The fraction of sp³-hybridized carbons (Fsp3) is 0.500. The molecule has 0 spiro atoms. The fourth-order valence-electron chi connectivity index (χ4n) is 2.08. The summed E-state index contributed by atoms with van der Waals surface area (Å²) in [6.45, 7) is 3.99. The Kier molecular flexibility index (Phi) is 9.45. The number of rotatable bonds is 7. The molecule has 1 aromatic carbocycles. The molecule has 0 saturated carbocycles. The molecule has 1 unspecified atom stereocenters. The van der Waals surface area contributed by atoms with Crippen molar-refractivity contribution in [2.45, 2.75) is 38.8 Å². The van der Waals surface area contributed by atoms with Crippen LogP contribution in [0, 0.1) is 5.92 Å². The van der Waals surface area contributed by atoms with Gasteiger partial charge in [0.2, 0.25) is 5.91 Å². The second-order valence-electron chi connectivity index (χ2n) is 5.51. The Morgan fingerprint density at radius 3 is 2.32 bits per heavy atom. The Bertz CT molecular complexity index is 466. The summed E-state index contributed by atoms with van der Waals surface area (Å²) in [7, 11) is 1.31. The molecule has 0 saturated heterocycles. The molecule has 0 bridgehead atoms. The third-order valence-corrected chi connectivity index (χ3v) is 3.15. The van der Waals surface area contributed by atoms with Gasteiger partial charge in [0, 0.05) is 6.42 Å². The monoisotopic (exact) mass is 328 g/mol. The minimum atomic E-state index is -0.719. The van der Waals surface area contributed by atoms with Crippen LogP contribution in [-0.2, 0) is 20.7 Å². The van der Waals surface area contributed by atoms with Crippen molar-refractivity contribution in [3.63, 3.8) is 0 Å². The first kappa shape index (κ1) is 20.4. The lowest BCUT2D eigenvalue weighted by atomic mass is 10.0. The summed E-state index contributed by atoms with van der Waals surface area (Å²) in [4.78, 5) is 23.9. The first-order valence-electron chi connectivity index (χ1n) is 7.11. The van der Waals surface area contributed by atoms with Crippen LogP contribution in [0.5, 0.6) is 0 Å². The highest BCUT2D eigenvalue weighted by molar-refractivity contribution is 5.87. The molecule has 0 aliphatic carbocycles. The van der Waals surface area contributed by atoms with Crippen LogP contribution in [0.3, 0.4) is 0 Å². The van der Waals surface area contributed by atoms with Crippen LogP contribution in [0.25, 0.3) is 0 Å². The number of nitrogens with two attached hydrogens (primary N) is 1. The number of esters is 1. The van der Waals surface area contributed by atoms with Gasteiger partial charge in [-0.25, -0.2) is 4.79 Å². The topological polar surface area (TPSA) is 81.4 Å². The molecule has 5 nitrogen and oxygen atoms in total. The molecule has 0 heterocycles. The van der Waals surface area contributed by atoms with E-state index >= 15 is 0 Å². The van der Waals surface area contributed by atoms with E-state index < -0.39 is 18.1 Å². The van der Waals surface area contributed by atoms with Gasteiger partial charge in [-0.1, -0.05) is 44.2 Å². The van der Waals surface area contributed by atoms with Crippen LogP contribution in [-0.4, -0.2) is 31.1 Å². The minimum Gasteiger partial charge on any atom is -0.467 e. The normalized spacial score (nSPS) is 13.0. The number of ether oxygens (including phenoxy) is 1. The van der Waals surface area contributed by atoms with Gasteiger partial charge in [-0.2, -0.15) is 0 Å². The number of hydrogen-bond donors (Lipinski definition) is 2. The summed E-state index contributed by atoms with van der Waals surface area (Å²) in [5, 5.41) is 2.68. The van der Waals surface area contributed by atoms with Crippen molar-refractivity contribution >= 4 is 24.3 Å². The van der Waals surface area contributed by atoms with Gasteiger partial charge in [0.1, 0.15) is 6.04 Å². The second kappa shape index (κ2) is 10.2. The number of amides is 1. The van der Waals surface area contributed by atoms with Crippen LogP contribution < -0.4 is 11.1 Å². The van der Waals surface area contributed by atoms with Gasteiger partial charge in [-0.3, -0.25) is 4.79 Å².